The van der Waals surface area contributed by atoms with E-state index in [9.17, 15) is 4.79 Å². The van der Waals surface area contributed by atoms with E-state index < -0.39 is 0 Å². The molecule has 1 aromatic carbocycles. The van der Waals surface area contributed by atoms with Gasteiger partial charge in [-0.2, -0.15) is 0 Å². The summed E-state index contributed by atoms with van der Waals surface area (Å²) in [5.41, 5.74) is 7.87. The summed E-state index contributed by atoms with van der Waals surface area (Å²) in [6.45, 7) is 4.42. The summed E-state index contributed by atoms with van der Waals surface area (Å²) in [6.07, 6.45) is 3.04. The van der Waals surface area contributed by atoms with Crippen LogP contribution in [0.3, 0.4) is 0 Å². The summed E-state index contributed by atoms with van der Waals surface area (Å²) >= 11 is 0. The molecule has 2 rings (SSSR count). The van der Waals surface area contributed by atoms with E-state index in [0.29, 0.717) is 17.8 Å². The molecule has 2 aromatic rings. The van der Waals surface area contributed by atoms with Crippen molar-refractivity contribution < 1.29 is 9.53 Å². The lowest BCUT2D eigenvalue weighted by Gasteiger charge is -2.17. The number of unbranched alkanes of at least 4 members (excludes halogenated alkanes) is 1. The highest BCUT2D eigenvalue weighted by molar-refractivity contribution is 5.98. The van der Waals surface area contributed by atoms with E-state index in [4.69, 9.17) is 10.5 Å². The highest BCUT2D eigenvalue weighted by Crippen LogP contribution is 2.21. The highest BCUT2D eigenvalue weighted by Gasteiger charge is 2.15. The fraction of sp³-hybridized carbons (Fsp3) is 0.444. The molecular formula is C18H26ClN3O2. The number of carbonyl (C=O) groups excluding carboxylic acids is 1. The van der Waals surface area contributed by atoms with E-state index in [0.717, 1.165) is 35.9 Å². The molecule has 132 valence electrons. The number of aromatic nitrogens is 1. The molecule has 0 radical (unpaired) electrons. The predicted octanol–water partition coefficient (Wildman–Crippen LogP) is 3.22. The fourth-order valence-electron chi connectivity index (χ4n) is 2.56. The molecule has 1 aromatic heterocycles. The SMILES string of the molecule is CCCCC(CN)NC(=O)c1cc2ccc(OC)cc2nc1C.Cl. The average Bonchev–Trinajstić information content (AvgIpc) is 2.57. The molecule has 6 heteroatoms. The second-order valence-corrected chi connectivity index (χ2v) is 5.73. The first-order chi connectivity index (χ1) is 11.1. The maximum absolute atomic E-state index is 12.5. The topological polar surface area (TPSA) is 77.2 Å². The number of amides is 1. The van der Waals surface area contributed by atoms with E-state index in [1.165, 1.54) is 0 Å². The van der Waals surface area contributed by atoms with Crippen LogP contribution in [0.5, 0.6) is 5.75 Å². The monoisotopic (exact) mass is 351 g/mol. The van der Waals surface area contributed by atoms with Crippen LogP contribution in [0.25, 0.3) is 10.9 Å². The van der Waals surface area contributed by atoms with Crippen LogP contribution < -0.4 is 15.8 Å². The number of fused-ring (bicyclic) bond motifs is 1. The van der Waals surface area contributed by atoms with Crippen LogP contribution in [0.15, 0.2) is 24.3 Å². The molecule has 24 heavy (non-hydrogen) atoms. The van der Waals surface area contributed by atoms with Crippen LogP contribution in [0, 0.1) is 6.92 Å². The Hall–Kier alpha value is -1.85. The zero-order valence-electron chi connectivity index (χ0n) is 14.5. The summed E-state index contributed by atoms with van der Waals surface area (Å²) in [5, 5.41) is 3.93. The van der Waals surface area contributed by atoms with Crippen molar-refractivity contribution in [2.75, 3.05) is 13.7 Å². The summed E-state index contributed by atoms with van der Waals surface area (Å²) in [5.74, 6) is 0.642. The predicted molar refractivity (Wildman–Crippen MR) is 100 cm³/mol. The summed E-state index contributed by atoms with van der Waals surface area (Å²) in [6, 6.07) is 7.53. The number of halogens is 1. The van der Waals surface area contributed by atoms with Gasteiger partial charge >= 0.3 is 0 Å². The number of hydrogen-bond donors (Lipinski definition) is 2. The Morgan fingerprint density at radius 3 is 2.75 bits per heavy atom. The number of nitrogens with two attached hydrogens (primary N) is 1. The van der Waals surface area contributed by atoms with Crippen molar-refractivity contribution in [3.63, 3.8) is 0 Å². The number of carbonyl (C=O) groups is 1. The van der Waals surface area contributed by atoms with E-state index in [2.05, 4.69) is 17.2 Å². The largest absolute Gasteiger partial charge is 0.497 e. The number of pyridine rings is 1. The summed E-state index contributed by atoms with van der Waals surface area (Å²) in [7, 11) is 1.62. The number of nitrogens with zero attached hydrogens (tertiary/aromatic N) is 1. The third kappa shape index (κ3) is 4.82. The second-order valence-electron chi connectivity index (χ2n) is 5.73. The van der Waals surface area contributed by atoms with Crippen molar-refractivity contribution in [1.82, 2.24) is 10.3 Å². The number of aryl methyl sites for hydroxylation is 1. The van der Waals surface area contributed by atoms with E-state index in [1.807, 2.05) is 31.2 Å². The molecule has 0 aliphatic rings. The van der Waals surface area contributed by atoms with Gasteiger partial charge in [0.2, 0.25) is 0 Å². The zero-order valence-corrected chi connectivity index (χ0v) is 15.3. The maximum Gasteiger partial charge on any atom is 0.253 e. The van der Waals surface area contributed by atoms with Gasteiger partial charge < -0.3 is 15.8 Å². The number of methoxy groups -OCH3 is 1. The number of benzene rings is 1. The van der Waals surface area contributed by atoms with Crippen molar-refractivity contribution in [3.8, 4) is 5.75 Å². The molecule has 0 fully saturated rings. The quantitative estimate of drug-likeness (QED) is 0.802. The van der Waals surface area contributed by atoms with E-state index in [-0.39, 0.29) is 24.4 Å². The molecule has 1 amide bonds. The number of nitrogens with one attached hydrogen (secondary N) is 1. The molecule has 0 saturated carbocycles. The molecule has 0 aliphatic carbocycles. The van der Waals surface area contributed by atoms with Crippen molar-refractivity contribution in [1.29, 1.82) is 0 Å². The first-order valence-electron chi connectivity index (χ1n) is 8.05. The van der Waals surface area contributed by atoms with Crippen LogP contribution in [0.4, 0.5) is 0 Å². The average molecular weight is 352 g/mol. The van der Waals surface area contributed by atoms with Crippen LogP contribution in [0.1, 0.15) is 42.2 Å². The van der Waals surface area contributed by atoms with Gasteiger partial charge in [0.25, 0.3) is 5.91 Å². The number of ether oxygens (including phenoxy) is 1. The van der Waals surface area contributed by atoms with Crippen LogP contribution >= 0.6 is 12.4 Å². The molecule has 0 aliphatic heterocycles. The first-order valence-corrected chi connectivity index (χ1v) is 8.05. The second kappa shape index (κ2) is 9.45. The van der Waals surface area contributed by atoms with Crippen molar-refractivity contribution in [2.24, 2.45) is 5.73 Å². The molecular weight excluding hydrogens is 326 g/mol. The van der Waals surface area contributed by atoms with E-state index >= 15 is 0 Å². The Kier molecular flexibility index (Phi) is 7.95. The van der Waals surface area contributed by atoms with Crippen LogP contribution in [0.2, 0.25) is 0 Å². The van der Waals surface area contributed by atoms with Gasteiger partial charge in [-0.25, -0.2) is 0 Å². The minimum atomic E-state index is -0.112. The van der Waals surface area contributed by atoms with Gasteiger partial charge in [-0.05, 0) is 31.5 Å². The molecule has 0 spiro atoms. The lowest BCUT2D eigenvalue weighted by Crippen LogP contribution is -2.40. The molecule has 3 N–H and O–H groups in total. The lowest BCUT2D eigenvalue weighted by atomic mass is 10.1. The standard InChI is InChI=1S/C18H25N3O2.ClH/c1-4-5-6-14(11-19)21-18(22)16-9-13-7-8-15(23-3)10-17(13)20-12(16)2;/h7-10,14H,4-6,11,19H2,1-3H3,(H,21,22);1H. The summed E-state index contributed by atoms with van der Waals surface area (Å²) < 4.78 is 5.21. The van der Waals surface area contributed by atoms with Crippen LogP contribution in [-0.2, 0) is 0 Å². The lowest BCUT2D eigenvalue weighted by molar-refractivity contribution is 0.0935. The molecule has 0 saturated heterocycles. The molecule has 5 nitrogen and oxygen atoms in total. The maximum atomic E-state index is 12.5. The highest BCUT2D eigenvalue weighted by atomic mass is 35.5. The molecule has 1 atom stereocenters. The van der Waals surface area contributed by atoms with E-state index in [1.54, 1.807) is 7.11 Å². The van der Waals surface area contributed by atoms with Gasteiger partial charge in [0.15, 0.2) is 0 Å². The van der Waals surface area contributed by atoms with Gasteiger partial charge in [-0.3, -0.25) is 9.78 Å². The Morgan fingerprint density at radius 2 is 2.12 bits per heavy atom. The van der Waals surface area contributed by atoms with Gasteiger partial charge in [0.05, 0.1) is 23.9 Å². The molecule has 1 heterocycles. The molecule has 1 unspecified atom stereocenters. The van der Waals surface area contributed by atoms with Gasteiger partial charge in [-0.15, -0.1) is 12.4 Å². The van der Waals surface area contributed by atoms with Crippen LogP contribution in [-0.4, -0.2) is 30.6 Å². The van der Waals surface area contributed by atoms with Crippen molar-refractivity contribution in [2.45, 2.75) is 39.2 Å². The minimum Gasteiger partial charge on any atom is -0.497 e. The number of rotatable bonds is 7. The van der Waals surface area contributed by atoms with Gasteiger partial charge in [-0.1, -0.05) is 19.8 Å². The third-order valence-corrected chi connectivity index (χ3v) is 3.99. The smallest absolute Gasteiger partial charge is 0.253 e. The Bertz CT molecular complexity index is 691. The summed E-state index contributed by atoms with van der Waals surface area (Å²) in [4.78, 5) is 17.1. The normalized spacial score (nSPS) is 11.7. The Labute approximate surface area is 149 Å². The third-order valence-electron chi connectivity index (χ3n) is 3.99. The minimum absolute atomic E-state index is 0. The fourth-order valence-corrected chi connectivity index (χ4v) is 2.56. The Morgan fingerprint density at radius 1 is 1.38 bits per heavy atom. The number of hydrogen-bond acceptors (Lipinski definition) is 4. The zero-order chi connectivity index (χ0) is 16.8. The first kappa shape index (κ1) is 20.2. The van der Waals surface area contributed by atoms with Gasteiger partial charge in [0, 0.05) is 24.0 Å². The van der Waals surface area contributed by atoms with Crippen molar-refractivity contribution in [3.05, 3.63) is 35.5 Å². The Balaban J connectivity index is 0.00000288. The molecule has 0 bridgehead atoms. The van der Waals surface area contributed by atoms with Crippen molar-refractivity contribution >= 4 is 29.2 Å². The van der Waals surface area contributed by atoms with Gasteiger partial charge in [0.1, 0.15) is 5.75 Å².